The van der Waals surface area contributed by atoms with Gasteiger partial charge in [-0.25, -0.2) is 12.8 Å². The second-order valence-electron chi connectivity index (χ2n) is 5.76. The van der Waals surface area contributed by atoms with Gasteiger partial charge in [0.2, 0.25) is 0 Å². The van der Waals surface area contributed by atoms with Gasteiger partial charge in [-0.05, 0) is 24.5 Å². The zero-order valence-corrected chi connectivity index (χ0v) is 13.3. The molecule has 0 saturated heterocycles. The fraction of sp³-hybridized carbons (Fsp3) is 0.462. The van der Waals surface area contributed by atoms with Gasteiger partial charge in [0.25, 0.3) is 15.0 Å². The highest BCUT2D eigenvalue weighted by atomic mass is 35.7. The summed E-state index contributed by atoms with van der Waals surface area (Å²) in [5.74, 6) is -1.33. The Hall–Kier alpha value is -1.14. The lowest BCUT2D eigenvalue weighted by Gasteiger charge is -2.19. The molecule has 0 aromatic heterocycles. The summed E-state index contributed by atoms with van der Waals surface area (Å²) in [5, 5.41) is 2.62. The van der Waals surface area contributed by atoms with E-state index >= 15 is 0 Å². The van der Waals surface area contributed by atoms with Gasteiger partial charge in [-0.15, -0.1) is 0 Å². The average molecular weight is 322 g/mol. The van der Waals surface area contributed by atoms with Crippen molar-refractivity contribution in [2.24, 2.45) is 5.41 Å². The molecule has 0 saturated carbocycles. The summed E-state index contributed by atoms with van der Waals surface area (Å²) >= 11 is 0. The van der Waals surface area contributed by atoms with Crippen molar-refractivity contribution in [1.82, 2.24) is 5.32 Å². The third kappa shape index (κ3) is 4.45. The van der Waals surface area contributed by atoms with Crippen molar-refractivity contribution in [3.63, 3.8) is 0 Å². The predicted molar refractivity (Wildman–Crippen MR) is 76.0 cm³/mol. The summed E-state index contributed by atoms with van der Waals surface area (Å²) in [5.41, 5.74) is -0.315. The van der Waals surface area contributed by atoms with Crippen LogP contribution in [0.2, 0.25) is 0 Å². The highest BCUT2D eigenvalue weighted by Crippen LogP contribution is 2.24. The van der Waals surface area contributed by atoms with Gasteiger partial charge < -0.3 is 5.32 Å². The van der Waals surface area contributed by atoms with Gasteiger partial charge in [0, 0.05) is 28.4 Å². The Bertz CT molecular complexity index is 636. The van der Waals surface area contributed by atoms with Gasteiger partial charge in [-0.2, -0.15) is 0 Å². The van der Waals surface area contributed by atoms with Gasteiger partial charge in [0.15, 0.2) is 0 Å². The Morgan fingerprint density at radius 2 is 1.90 bits per heavy atom. The van der Waals surface area contributed by atoms with Crippen LogP contribution in [0.25, 0.3) is 0 Å². The van der Waals surface area contributed by atoms with Crippen LogP contribution >= 0.6 is 10.7 Å². The van der Waals surface area contributed by atoms with Crippen LogP contribution in [0.3, 0.4) is 0 Å². The van der Waals surface area contributed by atoms with E-state index in [0.29, 0.717) is 6.54 Å². The summed E-state index contributed by atoms with van der Waals surface area (Å²) < 4.78 is 36.4. The topological polar surface area (TPSA) is 63.2 Å². The van der Waals surface area contributed by atoms with Crippen LogP contribution in [0.5, 0.6) is 0 Å². The minimum atomic E-state index is -4.10. The Kier molecular flexibility index (Phi) is 4.82. The molecule has 1 N–H and O–H groups in total. The molecule has 7 heteroatoms. The Balaban J connectivity index is 3.15. The third-order valence-corrected chi connectivity index (χ3v) is 4.05. The van der Waals surface area contributed by atoms with Crippen molar-refractivity contribution in [2.45, 2.75) is 32.6 Å². The minimum absolute atomic E-state index is 0.0726. The zero-order chi connectivity index (χ0) is 15.7. The first-order chi connectivity index (χ1) is 8.92. The van der Waals surface area contributed by atoms with E-state index in [4.69, 9.17) is 10.7 Å². The number of rotatable bonds is 3. The molecule has 0 radical (unpaired) electrons. The lowest BCUT2D eigenvalue weighted by molar-refractivity contribution is 0.0938. The first-order valence-electron chi connectivity index (χ1n) is 5.95. The van der Waals surface area contributed by atoms with E-state index in [1.165, 1.54) is 6.92 Å². The molecule has 0 unspecified atom stereocenters. The first kappa shape index (κ1) is 16.9. The minimum Gasteiger partial charge on any atom is -0.352 e. The van der Waals surface area contributed by atoms with Gasteiger partial charge >= 0.3 is 0 Å². The normalized spacial score (nSPS) is 12.3. The maximum absolute atomic E-state index is 13.7. The number of carbonyl (C=O) groups excluding carboxylic acids is 1. The summed E-state index contributed by atoms with van der Waals surface area (Å²) in [6.45, 7) is 7.46. The summed E-state index contributed by atoms with van der Waals surface area (Å²) in [7, 11) is 1.13. The first-order valence-corrected chi connectivity index (χ1v) is 8.26. The molecule has 0 fully saturated rings. The van der Waals surface area contributed by atoms with Gasteiger partial charge in [-0.1, -0.05) is 20.8 Å². The van der Waals surface area contributed by atoms with Crippen LogP contribution in [-0.4, -0.2) is 20.9 Å². The fourth-order valence-electron chi connectivity index (χ4n) is 1.49. The van der Waals surface area contributed by atoms with Gasteiger partial charge in [0.1, 0.15) is 5.82 Å². The SMILES string of the molecule is Cc1c(F)cc(C(=O)NCC(C)(C)C)cc1S(=O)(=O)Cl. The Labute approximate surface area is 122 Å². The summed E-state index contributed by atoms with van der Waals surface area (Å²) in [6, 6.07) is 2.08. The van der Waals surface area contributed by atoms with Crippen LogP contribution in [-0.2, 0) is 9.05 Å². The number of nitrogens with one attached hydrogen (secondary N) is 1. The molecule has 0 atom stereocenters. The van der Waals surface area contributed by atoms with E-state index in [-0.39, 0.29) is 21.4 Å². The molecule has 1 aromatic carbocycles. The van der Waals surface area contributed by atoms with Crippen molar-refractivity contribution < 1.29 is 17.6 Å². The molecule has 0 spiro atoms. The maximum atomic E-state index is 13.7. The highest BCUT2D eigenvalue weighted by molar-refractivity contribution is 8.13. The number of hydrogen-bond donors (Lipinski definition) is 1. The summed E-state index contributed by atoms with van der Waals surface area (Å²) in [4.78, 5) is 11.5. The quantitative estimate of drug-likeness (QED) is 0.871. The largest absolute Gasteiger partial charge is 0.352 e. The van der Waals surface area contributed by atoms with Crippen LogP contribution in [0.4, 0.5) is 4.39 Å². The molecule has 0 aliphatic carbocycles. The van der Waals surface area contributed by atoms with Crippen LogP contribution < -0.4 is 5.32 Å². The van der Waals surface area contributed by atoms with Gasteiger partial charge in [-0.3, -0.25) is 4.79 Å². The highest BCUT2D eigenvalue weighted by Gasteiger charge is 2.21. The van der Waals surface area contributed by atoms with Crippen LogP contribution in [0.15, 0.2) is 17.0 Å². The molecule has 112 valence electrons. The van der Waals surface area contributed by atoms with Crippen molar-refractivity contribution in [3.05, 3.63) is 29.1 Å². The standard InChI is InChI=1S/C13H17ClFNO3S/c1-8-10(15)5-9(6-11(8)20(14,18)19)12(17)16-7-13(2,3)4/h5-6H,7H2,1-4H3,(H,16,17). The average Bonchev–Trinajstić information content (AvgIpc) is 2.26. The van der Waals surface area contributed by atoms with E-state index in [1.807, 2.05) is 20.8 Å². The monoisotopic (exact) mass is 321 g/mol. The van der Waals surface area contributed by atoms with Crippen molar-refractivity contribution in [2.75, 3.05) is 6.54 Å². The van der Waals surface area contributed by atoms with E-state index in [0.717, 1.165) is 12.1 Å². The second-order valence-corrected chi connectivity index (χ2v) is 8.30. The number of carbonyl (C=O) groups is 1. The summed E-state index contributed by atoms with van der Waals surface area (Å²) in [6.07, 6.45) is 0. The number of halogens is 2. The maximum Gasteiger partial charge on any atom is 0.261 e. The van der Waals surface area contributed by atoms with Crippen molar-refractivity contribution >= 4 is 25.6 Å². The fourth-order valence-corrected chi connectivity index (χ4v) is 2.70. The Morgan fingerprint density at radius 1 is 1.35 bits per heavy atom. The van der Waals surface area contributed by atoms with Crippen LogP contribution in [0.1, 0.15) is 36.7 Å². The number of hydrogen-bond acceptors (Lipinski definition) is 3. The van der Waals surface area contributed by atoms with E-state index in [9.17, 15) is 17.6 Å². The Morgan fingerprint density at radius 3 is 2.35 bits per heavy atom. The molecule has 0 heterocycles. The lowest BCUT2D eigenvalue weighted by atomic mass is 9.97. The molecule has 0 bridgehead atoms. The molecule has 0 aliphatic heterocycles. The van der Waals surface area contributed by atoms with E-state index in [1.54, 1.807) is 0 Å². The molecular formula is C13H17ClFNO3S. The number of amides is 1. The molecule has 1 rings (SSSR count). The smallest absolute Gasteiger partial charge is 0.261 e. The van der Waals surface area contributed by atoms with E-state index < -0.39 is 20.8 Å². The zero-order valence-electron chi connectivity index (χ0n) is 11.8. The third-order valence-electron chi connectivity index (χ3n) is 2.60. The second kappa shape index (κ2) is 5.69. The van der Waals surface area contributed by atoms with Crippen LogP contribution in [0, 0.1) is 18.2 Å². The molecule has 20 heavy (non-hydrogen) atoms. The predicted octanol–water partition coefficient (Wildman–Crippen LogP) is 2.84. The molecule has 1 aromatic rings. The van der Waals surface area contributed by atoms with Gasteiger partial charge in [0.05, 0.1) is 4.90 Å². The molecule has 0 aliphatic rings. The van der Waals surface area contributed by atoms with E-state index in [2.05, 4.69) is 5.32 Å². The number of benzene rings is 1. The molecule has 1 amide bonds. The van der Waals surface area contributed by atoms with Crippen molar-refractivity contribution in [3.8, 4) is 0 Å². The lowest BCUT2D eigenvalue weighted by Crippen LogP contribution is -2.32. The van der Waals surface area contributed by atoms with Crippen molar-refractivity contribution in [1.29, 1.82) is 0 Å². The molecular weight excluding hydrogens is 305 g/mol. The molecule has 4 nitrogen and oxygen atoms in total.